The Balaban J connectivity index is 0.000000162. The Hall–Kier alpha value is -0.266. The summed E-state index contributed by atoms with van der Waals surface area (Å²) in [5.74, 6) is 0. The fourth-order valence-electron chi connectivity index (χ4n) is 0.321. The molecule has 2 heteroatoms. The quantitative estimate of drug-likeness (QED) is 0.486. The molecule has 0 aromatic heterocycles. The van der Waals surface area contributed by atoms with E-state index in [9.17, 15) is 0 Å². The zero-order valence-corrected chi connectivity index (χ0v) is 5.14. The Morgan fingerprint density at radius 3 is 1.71 bits per heavy atom. The van der Waals surface area contributed by atoms with E-state index < -0.39 is 0 Å². The largest absolute Gasteiger partial charge is 0.214 e. The van der Waals surface area contributed by atoms with Crippen LogP contribution >= 0.6 is 0 Å². The molecule has 0 unspecified atom stereocenters. The van der Waals surface area contributed by atoms with Crippen molar-refractivity contribution in [1.82, 2.24) is 0 Å². The summed E-state index contributed by atoms with van der Waals surface area (Å²) < 4.78 is 8.19. The molecule has 1 aromatic carbocycles. The summed E-state index contributed by atoms with van der Waals surface area (Å²) in [5, 5.41) is 0. The van der Waals surface area contributed by atoms with Gasteiger partial charge in [0.25, 0.3) is 0 Å². The molecule has 0 saturated carbocycles. The van der Waals surface area contributed by atoms with Gasteiger partial charge < -0.3 is 0 Å². The molecular formula is C5H5OV-. The maximum absolute atomic E-state index is 8.19. The predicted octanol–water partition coefficient (Wildman–Crippen LogP) is 1.28. The third kappa shape index (κ3) is 3.57. The molecule has 1 nitrogen and oxygen atoms in total. The smallest absolute Gasteiger partial charge is 0.172 e. The van der Waals surface area contributed by atoms with Crippen LogP contribution in [0.25, 0.3) is 0 Å². The van der Waals surface area contributed by atoms with Crippen molar-refractivity contribution in [3.8, 4) is 0 Å². The summed E-state index contributed by atoms with van der Waals surface area (Å²) in [5.41, 5.74) is 0. The van der Waals surface area contributed by atoms with Crippen molar-refractivity contribution in [2.24, 2.45) is 0 Å². The van der Waals surface area contributed by atoms with Crippen LogP contribution in [0.15, 0.2) is 30.3 Å². The monoisotopic (exact) mass is 132 g/mol. The van der Waals surface area contributed by atoms with E-state index in [1.807, 2.05) is 30.3 Å². The topological polar surface area (TPSA) is 17.1 Å². The average Bonchev–Trinajstić information content (AvgIpc) is 2.23. The predicted molar refractivity (Wildman–Crippen MR) is 22.7 cm³/mol. The van der Waals surface area contributed by atoms with Crippen LogP contribution < -0.4 is 0 Å². The first kappa shape index (κ1) is 6.73. The van der Waals surface area contributed by atoms with Crippen molar-refractivity contribution in [2.75, 3.05) is 0 Å². The molecule has 0 spiro atoms. The average molecular weight is 132 g/mol. The molecule has 0 saturated heterocycles. The van der Waals surface area contributed by atoms with E-state index in [2.05, 4.69) is 0 Å². The zero-order valence-electron chi connectivity index (χ0n) is 3.74. The molecule has 0 fully saturated rings. The Labute approximate surface area is 51.9 Å². The van der Waals surface area contributed by atoms with Gasteiger partial charge in [-0.1, -0.05) is 0 Å². The van der Waals surface area contributed by atoms with E-state index in [-0.39, 0.29) is 0 Å². The molecular weight excluding hydrogens is 127 g/mol. The Bertz CT molecular complexity index is 75.0. The molecule has 7 heavy (non-hydrogen) atoms. The van der Waals surface area contributed by atoms with Crippen LogP contribution in [-0.4, -0.2) is 0 Å². The Kier molecular flexibility index (Phi) is 5.52. The second kappa shape index (κ2) is 5.73. The first-order chi connectivity index (χ1) is 3.50. The molecule has 37 valence electrons. The minimum atomic E-state index is 1.06. The van der Waals surface area contributed by atoms with Gasteiger partial charge in [-0.25, -0.2) is 12.1 Å². The molecule has 0 heterocycles. The van der Waals surface area contributed by atoms with Crippen LogP contribution in [-0.2, 0) is 21.0 Å². The molecule has 0 atom stereocenters. The third-order valence-corrected chi connectivity index (χ3v) is 0.556. The van der Waals surface area contributed by atoms with Gasteiger partial charge in [-0.05, 0) is 0 Å². The van der Waals surface area contributed by atoms with Gasteiger partial charge in [0.1, 0.15) is 0 Å². The minimum Gasteiger partial charge on any atom is -0.214 e. The van der Waals surface area contributed by atoms with Crippen LogP contribution in [0.5, 0.6) is 0 Å². The first-order valence-electron chi connectivity index (χ1n) is 1.85. The summed E-state index contributed by atoms with van der Waals surface area (Å²) in [6, 6.07) is 10.0. The van der Waals surface area contributed by atoms with Gasteiger partial charge in [0, 0.05) is 0 Å². The SMILES string of the molecule is [O]=[V].c1cc[cH-]c1. The fraction of sp³-hybridized carbons (Fsp3) is 0. The maximum Gasteiger partial charge on any atom is -0.172 e. The van der Waals surface area contributed by atoms with Crippen LogP contribution in [0.3, 0.4) is 0 Å². The Morgan fingerprint density at radius 1 is 1.14 bits per heavy atom. The number of rotatable bonds is 0. The van der Waals surface area contributed by atoms with Gasteiger partial charge in [-0.3, -0.25) is 0 Å². The van der Waals surface area contributed by atoms with Gasteiger partial charge in [0.2, 0.25) is 0 Å². The third-order valence-electron chi connectivity index (χ3n) is 0.556. The molecule has 0 aliphatic heterocycles. The van der Waals surface area contributed by atoms with Crippen molar-refractivity contribution < 1.29 is 21.0 Å². The van der Waals surface area contributed by atoms with Gasteiger partial charge in [0.05, 0.1) is 0 Å². The molecule has 0 amide bonds. The number of hydrogen-bond acceptors (Lipinski definition) is 1. The van der Waals surface area contributed by atoms with Gasteiger partial charge in [-0.2, -0.15) is 18.2 Å². The first-order valence-corrected chi connectivity index (χ1v) is 2.42. The van der Waals surface area contributed by atoms with Crippen LogP contribution in [0.4, 0.5) is 0 Å². The van der Waals surface area contributed by atoms with Crippen LogP contribution in [0, 0.1) is 0 Å². The maximum atomic E-state index is 8.19. The normalized spacial score (nSPS) is 6.14. The number of hydrogen-bond donors (Lipinski definition) is 0. The summed E-state index contributed by atoms with van der Waals surface area (Å²) in [6.07, 6.45) is 0. The van der Waals surface area contributed by atoms with E-state index in [0.717, 1.165) is 17.4 Å². The van der Waals surface area contributed by atoms with E-state index in [1.165, 1.54) is 0 Å². The summed E-state index contributed by atoms with van der Waals surface area (Å²) in [4.78, 5) is 0. The van der Waals surface area contributed by atoms with Crippen molar-refractivity contribution >= 4 is 0 Å². The van der Waals surface area contributed by atoms with Gasteiger partial charge in [-0.15, -0.1) is 0 Å². The van der Waals surface area contributed by atoms with Crippen molar-refractivity contribution in [3.63, 3.8) is 0 Å². The summed E-state index contributed by atoms with van der Waals surface area (Å²) in [6.45, 7) is 0. The zero-order chi connectivity index (χ0) is 5.54. The Morgan fingerprint density at radius 2 is 1.57 bits per heavy atom. The van der Waals surface area contributed by atoms with Gasteiger partial charge in [0.15, 0.2) is 0 Å². The molecule has 1 rings (SSSR count). The summed E-state index contributed by atoms with van der Waals surface area (Å²) in [7, 11) is 0. The van der Waals surface area contributed by atoms with Crippen LogP contribution in [0.2, 0.25) is 0 Å². The minimum absolute atomic E-state index is 1.06. The van der Waals surface area contributed by atoms with Gasteiger partial charge >= 0.3 is 21.0 Å². The van der Waals surface area contributed by atoms with Crippen molar-refractivity contribution in [2.45, 2.75) is 0 Å². The van der Waals surface area contributed by atoms with Crippen molar-refractivity contribution in [3.05, 3.63) is 30.3 Å². The standard InChI is InChI=1S/C5H5.O.V/c1-2-4-5-3-1;;/h1-5H;;/q-1;;. The second-order valence-corrected chi connectivity index (χ2v) is 0.962. The van der Waals surface area contributed by atoms with E-state index >= 15 is 0 Å². The second-order valence-electron chi connectivity index (χ2n) is 0.962. The molecule has 0 bridgehead atoms. The van der Waals surface area contributed by atoms with Crippen molar-refractivity contribution in [1.29, 1.82) is 0 Å². The van der Waals surface area contributed by atoms with E-state index in [4.69, 9.17) is 3.67 Å². The molecule has 0 radical (unpaired) electrons. The fourth-order valence-corrected chi connectivity index (χ4v) is 0.321. The molecule has 0 aliphatic carbocycles. The van der Waals surface area contributed by atoms with Crippen LogP contribution in [0.1, 0.15) is 0 Å². The molecule has 0 aliphatic rings. The summed E-state index contributed by atoms with van der Waals surface area (Å²) >= 11 is 1.06. The van der Waals surface area contributed by atoms with E-state index in [0.29, 0.717) is 0 Å². The van der Waals surface area contributed by atoms with E-state index in [1.54, 1.807) is 0 Å². The molecule has 1 aromatic rings. The molecule has 0 N–H and O–H groups in total.